The topological polar surface area (TPSA) is 38.3 Å². The number of thiocarbonyl (C=S) groups is 1. The van der Waals surface area contributed by atoms with Crippen molar-refractivity contribution in [3.8, 4) is 11.8 Å². The molecule has 0 fully saturated rings. The minimum absolute atomic E-state index is 0.0343. The first-order chi connectivity index (χ1) is 12.4. The zero-order chi connectivity index (χ0) is 18.7. The molecule has 1 aliphatic heterocycles. The van der Waals surface area contributed by atoms with Crippen molar-refractivity contribution in [3.05, 3.63) is 64.7 Å². The molecule has 0 saturated carbocycles. The third kappa shape index (κ3) is 3.95. The summed E-state index contributed by atoms with van der Waals surface area (Å²) in [6.45, 7) is 6.57. The quantitative estimate of drug-likeness (QED) is 0.477. The van der Waals surface area contributed by atoms with Crippen LogP contribution in [0.2, 0.25) is 0 Å². The SMILES string of the molecule is CCOC(=O)c1ccc(C#Cc2ccc3c(c2)NC(=S)CC3(C)C)cc1. The van der Waals surface area contributed by atoms with Crippen LogP contribution >= 0.6 is 12.2 Å². The lowest BCUT2D eigenvalue weighted by molar-refractivity contribution is 0.0526. The maximum Gasteiger partial charge on any atom is 0.338 e. The molecule has 0 aliphatic carbocycles. The zero-order valence-electron chi connectivity index (χ0n) is 15.2. The molecule has 4 heteroatoms. The molecule has 3 nitrogen and oxygen atoms in total. The normalized spacial score (nSPS) is 14.5. The van der Waals surface area contributed by atoms with Crippen LogP contribution in [-0.2, 0) is 10.2 Å². The molecule has 1 heterocycles. The number of esters is 1. The van der Waals surface area contributed by atoms with Crippen LogP contribution < -0.4 is 5.32 Å². The lowest BCUT2D eigenvalue weighted by Crippen LogP contribution is -2.31. The third-order valence-electron chi connectivity index (χ3n) is 4.37. The first-order valence-corrected chi connectivity index (χ1v) is 9.03. The number of carbonyl (C=O) groups excluding carboxylic acids is 1. The Morgan fingerprint density at radius 2 is 1.81 bits per heavy atom. The molecule has 0 unspecified atom stereocenters. The molecule has 0 spiro atoms. The van der Waals surface area contributed by atoms with E-state index in [1.807, 2.05) is 24.3 Å². The summed E-state index contributed by atoms with van der Waals surface area (Å²) in [4.78, 5) is 12.5. The van der Waals surface area contributed by atoms with E-state index < -0.39 is 0 Å². The maximum atomic E-state index is 11.7. The van der Waals surface area contributed by atoms with Crippen LogP contribution in [0.15, 0.2) is 42.5 Å². The van der Waals surface area contributed by atoms with Crippen molar-refractivity contribution < 1.29 is 9.53 Å². The van der Waals surface area contributed by atoms with Crippen LogP contribution in [0.4, 0.5) is 5.69 Å². The summed E-state index contributed by atoms with van der Waals surface area (Å²) in [6, 6.07) is 13.3. The van der Waals surface area contributed by atoms with Crippen LogP contribution in [0, 0.1) is 11.8 Å². The van der Waals surface area contributed by atoms with Gasteiger partial charge < -0.3 is 10.1 Å². The summed E-state index contributed by atoms with van der Waals surface area (Å²) in [5.74, 6) is 6.00. The third-order valence-corrected chi connectivity index (χ3v) is 4.62. The van der Waals surface area contributed by atoms with Gasteiger partial charge in [-0.05, 0) is 54.3 Å². The van der Waals surface area contributed by atoms with E-state index >= 15 is 0 Å². The predicted molar refractivity (Wildman–Crippen MR) is 109 cm³/mol. The second-order valence-corrected chi connectivity index (χ2v) is 7.41. The van der Waals surface area contributed by atoms with Gasteiger partial charge in [-0.3, -0.25) is 0 Å². The summed E-state index contributed by atoms with van der Waals surface area (Å²) < 4.78 is 4.98. The fourth-order valence-corrected chi connectivity index (χ4v) is 3.53. The van der Waals surface area contributed by atoms with E-state index in [4.69, 9.17) is 17.0 Å². The van der Waals surface area contributed by atoms with Gasteiger partial charge in [0.15, 0.2) is 0 Å². The Morgan fingerprint density at radius 1 is 1.15 bits per heavy atom. The molecule has 0 atom stereocenters. The van der Waals surface area contributed by atoms with Gasteiger partial charge in [0.1, 0.15) is 0 Å². The molecule has 0 aromatic heterocycles. The van der Waals surface area contributed by atoms with Crippen molar-refractivity contribution in [2.45, 2.75) is 32.6 Å². The Morgan fingerprint density at radius 3 is 2.50 bits per heavy atom. The number of rotatable bonds is 2. The van der Waals surface area contributed by atoms with Gasteiger partial charge in [0, 0.05) is 23.2 Å². The van der Waals surface area contributed by atoms with Gasteiger partial charge in [0.2, 0.25) is 0 Å². The fraction of sp³-hybridized carbons (Fsp3) is 0.273. The monoisotopic (exact) mass is 363 g/mol. The lowest BCUT2D eigenvalue weighted by atomic mass is 9.78. The summed E-state index contributed by atoms with van der Waals surface area (Å²) in [6.07, 6.45) is 0.854. The molecule has 2 aromatic rings. The Balaban J connectivity index is 1.82. The number of fused-ring (bicyclic) bond motifs is 1. The molecular weight excluding hydrogens is 342 g/mol. The highest BCUT2D eigenvalue weighted by molar-refractivity contribution is 7.80. The zero-order valence-corrected chi connectivity index (χ0v) is 16.0. The molecule has 0 radical (unpaired) electrons. The van der Waals surface area contributed by atoms with Gasteiger partial charge >= 0.3 is 5.97 Å². The predicted octanol–water partition coefficient (Wildman–Crippen LogP) is 4.68. The van der Waals surface area contributed by atoms with Crippen molar-refractivity contribution in [1.82, 2.24) is 0 Å². The minimum atomic E-state index is -0.314. The van der Waals surface area contributed by atoms with Crippen molar-refractivity contribution in [3.63, 3.8) is 0 Å². The van der Waals surface area contributed by atoms with Gasteiger partial charge in [-0.15, -0.1) is 0 Å². The van der Waals surface area contributed by atoms with E-state index in [2.05, 4.69) is 37.1 Å². The maximum absolute atomic E-state index is 11.7. The van der Waals surface area contributed by atoms with E-state index in [-0.39, 0.29) is 11.4 Å². The number of hydrogen-bond donors (Lipinski definition) is 1. The van der Waals surface area contributed by atoms with E-state index in [0.717, 1.165) is 28.2 Å². The summed E-state index contributed by atoms with van der Waals surface area (Å²) in [5, 5.41) is 3.30. The molecule has 2 aromatic carbocycles. The Hall–Kier alpha value is -2.64. The number of ether oxygens (including phenoxy) is 1. The number of nitrogens with one attached hydrogen (secondary N) is 1. The summed E-state index contributed by atoms with van der Waals surface area (Å²) in [7, 11) is 0. The number of benzene rings is 2. The first-order valence-electron chi connectivity index (χ1n) is 8.62. The van der Waals surface area contributed by atoms with Crippen molar-refractivity contribution in [2.24, 2.45) is 0 Å². The van der Waals surface area contributed by atoms with Gasteiger partial charge in [-0.25, -0.2) is 4.79 Å². The molecule has 26 heavy (non-hydrogen) atoms. The second-order valence-electron chi connectivity index (χ2n) is 6.92. The first kappa shape index (κ1) is 18.2. The van der Waals surface area contributed by atoms with E-state index in [9.17, 15) is 4.79 Å². The summed E-state index contributed by atoms with van der Waals surface area (Å²) >= 11 is 5.38. The average molecular weight is 363 g/mol. The van der Waals surface area contributed by atoms with E-state index in [1.165, 1.54) is 5.56 Å². The highest BCUT2D eigenvalue weighted by Gasteiger charge is 2.29. The van der Waals surface area contributed by atoms with E-state index in [1.54, 1.807) is 19.1 Å². The van der Waals surface area contributed by atoms with Crippen LogP contribution in [0.25, 0.3) is 0 Å². The standard InChI is InChI=1S/C22H21NO2S/c1-4-25-21(24)17-10-7-15(8-11-17)5-6-16-9-12-18-19(13-16)23-20(26)14-22(18,2)3/h7-13H,4,14H2,1-3H3,(H,23,26). The van der Waals surface area contributed by atoms with Gasteiger partial charge in [-0.2, -0.15) is 0 Å². The molecule has 3 rings (SSSR count). The number of hydrogen-bond acceptors (Lipinski definition) is 3. The Labute approximate surface area is 159 Å². The summed E-state index contributed by atoms with van der Waals surface area (Å²) in [5.41, 5.74) is 4.63. The van der Waals surface area contributed by atoms with Crippen LogP contribution in [-0.4, -0.2) is 17.6 Å². The van der Waals surface area contributed by atoms with Crippen molar-refractivity contribution in [1.29, 1.82) is 0 Å². The average Bonchev–Trinajstić information content (AvgIpc) is 2.59. The highest BCUT2D eigenvalue weighted by Crippen LogP contribution is 2.37. The van der Waals surface area contributed by atoms with Crippen LogP contribution in [0.5, 0.6) is 0 Å². The molecule has 0 saturated heterocycles. The molecule has 1 N–H and O–H groups in total. The van der Waals surface area contributed by atoms with Gasteiger partial charge in [0.25, 0.3) is 0 Å². The minimum Gasteiger partial charge on any atom is -0.462 e. The Kier molecular flexibility index (Phi) is 5.11. The molecular formula is C22H21NO2S. The Bertz CT molecular complexity index is 917. The smallest absolute Gasteiger partial charge is 0.338 e. The molecule has 0 bridgehead atoms. The molecule has 132 valence electrons. The fourth-order valence-electron chi connectivity index (χ4n) is 3.06. The van der Waals surface area contributed by atoms with E-state index in [0.29, 0.717) is 12.2 Å². The van der Waals surface area contributed by atoms with Gasteiger partial charge in [0.05, 0.1) is 17.2 Å². The number of anilines is 1. The van der Waals surface area contributed by atoms with Gasteiger partial charge in [-0.1, -0.05) is 44.0 Å². The second kappa shape index (κ2) is 7.31. The van der Waals surface area contributed by atoms with Crippen molar-refractivity contribution >= 4 is 28.9 Å². The largest absolute Gasteiger partial charge is 0.462 e. The van der Waals surface area contributed by atoms with Crippen LogP contribution in [0.1, 0.15) is 54.2 Å². The van der Waals surface area contributed by atoms with Crippen LogP contribution in [0.3, 0.4) is 0 Å². The highest BCUT2D eigenvalue weighted by atomic mass is 32.1. The van der Waals surface area contributed by atoms with Crippen molar-refractivity contribution in [2.75, 3.05) is 11.9 Å². The number of carbonyl (C=O) groups is 1. The molecule has 1 aliphatic rings. The molecule has 0 amide bonds. The lowest BCUT2D eigenvalue weighted by Gasteiger charge is -2.33.